The van der Waals surface area contributed by atoms with E-state index in [0.29, 0.717) is 24.7 Å². The second-order valence-electron chi connectivity index (χ2n) is 6.65. The zero-order valence-corrected chi connectivity index (χ0v) is 16.3. The van der Waals surface area contributed by atoms with Gasteiger partial charge in [-0.2, -0.15) is 4.72 Å². The highest BCUT2D eigenvalue weighted by atomic mass is 32.2. The van der Waals surface area contributed by atoms with Crippen molar-refractivity contribution in [1.29, 1.82) is 0 Å². The Morgan fingerprint density at radius 3 is 2.46 bits per heavy atom. The molecule has 1 atom stereocenters. The Labute approximate surface area is 162 Å². The molecule has 28 heavy (non-hydrogen) atoms. The van der Waals surface area contributed by atoms with Crippen molar-refractivity contribution in [3.8, 4) is 11.5 Å². The van der Waals surface area contributed by atoms with E-state index in [4.69, 9.17) is 9.47 Å². The minimum absolute atomic E-state index is 0.0408. The summed E-state index contributed by atoms with van der Waals surface area (Å²) in [5, 5.41) is 2.54. The Bertz CT molecular complexity index is 978. The molecule has 9 heteroatoms. The lowest BCUT2D eigenvalue weighted by molar-refractivity contribution is -0.118. The zero-order chi connectivity index (χ0) is 20.3. The fraction of sp³-hybridized carbons (Fsp3) is 0.316. The third kappa shape index (κ3) is 4.60. The lowest BCUT2D eigenvalue weighted by Crippen LogP contribution is -2.47. The van der Waals surface area contributed by atoms with Gasteiger partial charge in [-0.3, -0.25) is 4.79 Å². The van der Waals surface area contributed by atoms with E-state index in [1.807, 2.05) is 0 Å². The smallest absolute Gasteiger partial charge is 0.242 e. The van der Waals surface area contributed by atoms with Crippen LogP contribution in [0.2, 0.25) is 0 Å². The van der Waals surface area contributed by atoms with Crippen LogP contribution in [0.1, 0.15) is 13.8 Å². The molecule has 1 aliphatic heterocycles. The molecule has 0 spiro atoms. The Morgan fingerprint density at radius 2 is 1.79 bits per heavy atom. The standard InChI is InChI=1S/C19H21FN2O5S/c1-12(2)18(19(23)21-14-5-3-4-13(20)10-14)22-28(24,25)15-6-7-16-17(11-15)27-9-8-26-16/h3-7,10-12,18,22H,8-9H2,1-2H3,(H,21,23). The number of ether oxygens (including phenoxy) is 2. The molecule has 0 aliphatic carbocycles. The van der Waals surface area contributed by atoms with Crippen molar-refractivity contribution in [2.75, 3.05) is 18.5 Å². The van der Waals surface area contributed by atoms with Crippen LogP contribution >= 0.6 is 0 Å². The van der Waals surface area contributed by atoms with E-state index in [-0.39, 0.29) is 16.5 Å². The van der Waals surface area contributed by atoms with Crippen LogP contribution in [0.4, 0.5) is 10.1 Å². The van der Waals surface area contributed by atoms with Gasteiger partial charge in [-0.05, 0) is 36.2 Å². The van der Waals surface area contributed by atoms with Crippen molar-refractivity contribution in [3.05, 3.63) is 48.3 Å². The largest absolute Gasteiger partial charge is 0.486 e. The molecule has 0 bridgehead atoms. The van der Waals surface area contributed by atoms with Gasteiger partial charge in [0.05, 0.1) is 4.90 Å². The number of rotatable bonds is 6. The molecule has 1 aliphatic rings. The van der Waals surface area contributed by atoms with Gasteiger partial charge in [-0.1, -0.05) is 19.9 Å². The summed E-state index contributed by atoms with van der Waals surface area (Å²) in [4.78, 5) is 12.6. The molecule has 7 nitrogen and oxygen atoms in total. The van der Waals surface area contributed by atoms with Crippen LogP contribution in [-0.2, 0) is 14.8 Å². The van der Waals surface area contributed by atoms with Crippen LogP contribution < -0.4 is 19.5 Å². The molecular weight excluding hydrogens is 387 g/mol. The van der Waals surface area contributed by atoms with Gasteiger partial charge in [0.25, 0.3) is 0 Å². The van der Waals surface area contributed by atoms with E-state index < -0.39 is 27.8 Å². The van der Waals surface area contributed by atoms with Crippen LogP contribution in [0.3, 0.4) is 0 Å². The van der Waals surface area contributed by atoms with Gasteiger partial charge in [-0.25, -0.2) is 12.8 Å². The first-order chi connectivity index (χ1) is 13.3. The number of benzene rings is 2. The zero-order valence-electron chi connectivity index (χ0n) is 15.4. The topological polar surface area (TPSA) is 93.7 Å². The highest BCUT2D eigenvalue weighted by Gasteiger charge is 2.29. The molecule has 1 heterocycles. The number of anilines is 1. The number of halogens is 1. The molecule has 0 radical (unpaired) electrons. The quantitative estimate of drug-likeness (QED) is 0.766. The number of nitrogens with one attached hydrogen (secondary N) is 2. The van der Waals surface area contributed by atoms with Crippen molar-refractivity contribution in [1.82, 2.24) is 4.72 Å². The van der Waals surface area contributed by atoms with Crippen molar-refractivity contribution < 1.29 is 27.1 Å². The minimum atomic E-state index is -4.00. The summed E-state index contributed by atoms with van der Waals surface area (Å²) in [5.41, 5.74) is 0.245. The third-order valence-electron chi connectivity index (χ3n) is 4.15. The predicted molar refractivity (Wildman–Crippen MR) is 101 cm³/mol. The summed E-state index contributed by atoms with van der Waals surface area (Å²) in [7, 11) is -4.00. The fourth-order valence-electron chi connectivity index (χ4n) is 2.70. The van der Waals surface area contributed by atoms with E-state index in [9.17, 15) is 17.6 Å². The highest BCUT2D eigenvalue weighted by Crippen LogP contribution is 2.32. The van der Waals surface area contributed by atoms with E-state index in [1.54, 1.807) is 13.8 Å². The number of sulfonamides is 1. The van der Waals surface area contributed by atoms with Crippen molar-refractivity contribution in [3.63, 3.8) is 0 Å². The number of fused-ring (bicyclic) bond motifs is 1. The summed E-state index contributed by atoms with van der Waals surface area (Å²) < 4.78 is 52.1. The van der Waals surface area contributed by atoms with Gasteiger partial charge in [-0.15, -0.1) is 0 Å². The van der Waals surface area contributed by atoms with Crippen LogP contribution in [0.15, 0.2) is 47.4 Å². The SMILES string of the molecule is CC(C)C(NS(=O)(=O)c1ccc2c(c1)OCCO2)C(=O)Nc1cccc(F)c1. The lowest BCUT2D eigenvalue weighted by atomic mass is 10.0. The molecule has 0 fully saturated rings. The maximum atomic E-state index is 13.3. The molecule has 0 aromatic heterocycles. The van der Waals surface area contributed by atoms with Crippen LogP contribution in [0.25, 0.3) is 0 Å². The summed E-state index contributed by atoms with van der Waals surface area (Å²) in [6.45, 7) is 4.14. The normalized spacial score (nSPS) is 14.6. The van der Waals surface area contributed by atoms with Gasteiger partial charge >= 0.3 is 0 Å². The number of carbonyl (C=O) groups excluding carboxylic acids is 1. The molecule has 2 aromatic rings. The first-order valence-electron chi connectivity index (χ1n) is 8.75. The Kier molecular flexibility index (Phi) is 5.85. The highest BCUT2D eigenvalue weighted by molar-refractivity contribution is 7.89. The molecule has 150 valence electrons. The Balaban J connectivity index is 1.80. The van der Waals surface area contributed by atoms with Gasteiger partial charge < -0.3 is 14.8 Å². The fourth-order valence-corrected chi connectivity index (χ4v) is 4.06. The molecule has 3 rings (SSSR count). The minimum Gasteiger partial charge on any atom is -0.486 e. The predicted octanol–water partition coefficient (Wildman–Crippen LogP) is 2.54. The van der Waals surface area contributed by atoms with Gasteiger partial charge in [0.2, 0.25) is 15.9 Å². The van der Waals surface area contributed by atoms with Crippen molar-refractivity contribution in [2.45, 2.75) is 24.8 Å². The van der Waals surface area contributed by atoms with Crippen molar-refractivity contribution in [2.24, 2.45) is 5.92 Å². The molecule has 2 aromatic carbocycles. The molecule has 1 amide bonds. The average molecular weight is 408 g/mol. The Hall–Kier alpha value is -2.65. The molecular formula is C19H21FN2O5S. The summed E-state index contributed by atoms with van der Waals surface area (Å²) in [5.74, 6) is -0.632. The maximum Gasteiger partial charge on any atom is 0.242 e. The second-order valence-corrected chi connectivity index (χ2v) is 8.36. The van der Waals surface area contributed by atoms with Gasteiger partial charge in [0.15, 0.2) is 11.5 Å². The summed E-state index contributed by atoms with van der Waals surface area (Å²) >= 11 is 0. The van der Waals surface area contributed by atoms with E-state index in [0.717, 1.165) is 6.07 Å². The van der Waals surface area contributed by atoms with E-state index >= 15 is 0 Å². The third-order valence-corrected chi connectivity index (χ3v) is 5.59. The van der Waals surface area contributed by atoms with Crippen LogP contribution in [0, 0.1) is 11.7 Å². The number of hydrogen-bond acceptors (Lipinski definition) is 5. The molecule has 2 N–H and O–H groups in total. The van der Waals surface area contributed by atoms with Crippen LogP contribution in [-0.4, -0.2) is 33.6 Å². The van der Waals surface area contributed by atoms with Crippen LogP contribution in [0.5, 0.6) is 11.5 Å². The van der Waals surface area contributed by atoms with Gasteiger partial charge in [0.1, 0.15) is 25.1 Å². The number of amides is 1. The van der Waals surface area contributed by atoms with Crippen molar-refractivity contribution >= 4 is 21.6 Å². The maximum absolute atomic E-state index is 13.3. The first kappa shape index (κ1) is 20.1. The number of hydrogen-bond donors (Lipinski definition) is 2. The average Bonchev–Trinajstić information content (AvgIpc) is 2.65. The summed E-state index contributed by atoms with van der Waals surface area (Å²) in [6, 6.07) is 8.59. The molecule has 0 saturated carbocycles. The second kappa shape index (κ2) is 8.15. The first-order valence-corrected chi connectivity index (χ1v) is 10.2. The lowest BCUT2D eigenvalue weighted by Gasteiger charge is -2.23. The van der Waals surface area contributed by atoms with E-state index in [1.165, 1.54) is 36.4 Å². The number of carbonyl (C=O) groups is 1. The monoisotopic (exact) mass is 408 g/mol. The summed E-state index contributed by atoms with van der Waals surface area (Å²) in [6.07, 6.45) is 0. The van der Waals surface area contributed by atoms with Gasteiger partial charge in [0, 0.05) is 11.8 Å². The molecule has 0 saturated heterocycles. The Morgan fingerprint density at radius 1 is 1.07 bits per heavy atom. The van der Waals surface area contributed by atoms with E-state index in [2.05, 4.69) is 10.0 Å². The molecule has 1 unspecified atom stereocenters.